The molecule has 1 aromatic heterocycles. The Bertz CT molecular complexity index is 251. The summed E-state index contributed by atoms with van der Waals surface area (Å²) in [7, 11) is 0. The maximum absolute atomic E-state index is 8.27. The number of hydrogen-bond donors (Lipinski definition) is 1. The molecule has 0 aliphatic carbocycles. The first-order valence-electron chi connectivity index (χ1n) is 3.50. The monoisotopic (exact) mass is 150 g/mol. The standard InChI is InChI=1S/C9H10O2/c1-8(4-5-10)7-9-3-2-6-11-9/h2-3,6,8,10H,7H2,1H3. The van der Waals surface area contributed by atoms with Gasteiger partial charge in [-0.05, 0) is 12.1 Å². The highest BCUT2D eigenvalue weighted by Gasteiger charge is 2.01. The summed E-state index contributed by atoms with van der Waals surface area (Å²) in [6.07, 6.45) is 4.27. The molecule has 1 heterocycles. The van der Waals surface area contributed by atoms with E-state index in [2.05, 4.69) is 5.92 Å². The van der Waals surface area contributed by atoms with E-state index in [0.29, 0.717) is 0 Å². The Hall–Kier alpha value is -1.36. The largest absolute Gasteiger partial charge is 0.469 e. The zero-order valence-corrected chi connectivity index (χ0v) is 6.37. The molecule has 1 atom stereocenters. The van der Waals surface area contributed by atoms with E-state index in [1.54, 1.807) is 6.26 Å². The van der Waals surface area contributed by atoms with E-state index in [1.165, 1.54) is 0 Å². The third kappa shape index (κ3) is 2.38. The fourth-order valence-electron chi connectivity index (χ4n) is 0.892. The molecule has 2 heteroatoms. The summed E-state index contributed by atoms with van der Waals surface area (Å²) < 4.78 is 5.10. The minimum Gasteiger partial charge on any atom is -0.469 e. The van der Waals surface area contributed by atoms with Crippen molar-refractivity contribution in [1.82, 2.24) is 0 Å². The van der Waals surface area contributed by atoms with Gasteiger partial charge in [0.05, 0.1) is 6.26 Å². The maximum Gasteiger partial charge on any atom is 0.107 e. The molecule has 58 valence electrons. The molecule has 0 amide bonds. The Morgan fingerprint density at radius 1 is 1.73 bits per heavy atom. The molecule has 0 spiro atoms. The van der Waals surface area contributed by atoms with Gasteiger partial charge < -0.3 is 9.52 Å². The van der Waals surface area contributed by atoms with Gasteiger partial charge in [-0.15, -0.1) is 0 Å². The molecule has 11 heavy (non-hydrogen) atoms. The lowest BCUT2D eigenvalue weighted by Crippen LogP contribution is -1.94. The summed E-state index contributed by atoms with van der Waals surface area (Å²) in [6, 6.07) is 3.74. The van der Waals surface area contributed by atoms with Crippen molar-refractivity contribution in [3.05, 3.63) is 24.2 Å². The van der Waals surface area contributed by atoms with Crippen molar-refractivity contribution in [1.29, 1.82) is 0 Å². The Labute approximate surface area is 65.8 Å². The molecule has 1 rings (SSSR count). The van der Waals surface area contributed by atoms with Gasteiger partial charge >= 0.3 is 0 Å². The molecule has 1 aromatic rings. The van der Waals surface area contributed by atoms with Crippen LogP contribution in [0.15, 0.2) is 22.8 Å². The van der Waals surface area contributed by atoms with Crippen LogP contribution in [0.5, 0.6) is 0 Å². The lowest BCUT2D eigenvalue weighted by atomic mass is 10.1. The molecule has 0 aliphatic heterocycles. The van der Waals surface area contributed by atoms with Crippen molar-refractivity contribution in [2.24, 2.45) is 5.92 Å². The van der Waals surface area contributed by atoms with Crippen molar-refractivity contribution in [2.45, 2.75) is 13.3 Å². The maximum atomic E-state index is 8.27. The third-order valence-corrected chi connectivity index (χ3v) is 1.40. The van der Waals surface area contributed by atoms with Crippen LogP contribution in [0.25, 0.3) is 0 Å². The number of rotatable bonds is 2. The third-order valence-electron chi connectivity index (χ3n) is 1.40. The highest BCUT2D eigenvalue weighted by atomic mass is 16.3. The summed E-state index contributed by atoms with van der Waals surface area (Å²) in [5.74, 6) is 3.68. The molecule has 1 N–H and O–H groups in total. The van der Waals surface area contributed by atoms with E-state index >= 15 is 0 Å². The number of aliphatic hydroxyl groups excluding tert-OH is 1. The van der Waals surface area contributed by atoms with Gasteiger partial charge in [-0.2, -0.15) is 0 Å². The van der Waals surface area contributed by atoms with Crippen LogP contribution >= 0.6 is 0 Å². The number of hydrogen-bond acceptors (Lipinski definition) is 2. The van der Waals surface area contributed by atoms with Crippen LogP contribution in [0.2, 0.25) is 0 Å². The van der Waals surface area contributed by atoms with Crippen molar-refractivity contribution >= 4 is 0 Å². The fraction of sp³-hybridized carbons (Fsp3) is 0.333. The average molecular weight is 150 g/mol. The highest BCUT2D eigenvalue weighted by molar-refractivity contribution is 5.04. The van der Waals surface area contributed by atoms with Crippen molar-refractivity contribution < 1.29 is 9.52 Å². The second-order valence-corrected chi connectivity index (χ2v) is 2.44. The van der Waals surface area contributed by atoms with Crippen LogP contribution in [0, 0.1) is 17.9 Å². The fourth-order valence-corrected chi connectivity index (χ4v) is 0.892. The molecule has 2 nitrogen and oxygen atoms in total. The van der Waals surface area contributed by atoms with Crippen molar-refractivity contribution in [2.75, 3.05) is 0 Å². The summed E-state index contributed by atoms with van der Waals surface area (Å²) in [6.45, 7) is 1.94. The van der Waals surface area contributed by atoms with Crippen LogP contribution in [0.1, 0.15) is 12.7 Å². The van der Waals surface area contributed by atoms with Gasteiger partial charge in [0.1, 0.15) is 11.9 Å². The first-order chi connectivity index (χ1) is 5.33. The molecule has 0 aromatic carbocycles. The SMILES string of the molecule is CC(C#CO)Cc1ccco1. The van der Waals surface area contributed by atoms with Crippen molar-refractivity contribution in [3.8, 4) is 12.0 Å². The lowest BCUT2D eigenvalue weighted by Gasteiger charge is -1.97. The van der Waals surface area contributed by atoms with Gasteiger partial charge in [0, 0.05) is 12.3 Å². The zero-order valence-electron chi connectivity index (χ0n) is 6.37. The molecular formula is C9H10O2. The average Bonchev–Trinajstić information content (AvgIpc) is 2.40. The summed E-state index contributed by atoms with van der Waals surface area (Å²) in [5, 5.41) is 8.27. The second kappa shape index (κ2) is 3.72. The topological polar surface area (TPSA) is 33.4 Å². The van der Waals surface area contributed by atoms with Crippen LogP contribution in [0.3, 0.4) is 0 Å². The summed E-state index contributed by atoms with van der Waals surface area (Å²) in [4.78, 5) is 0. The predicted molar refractivity (Wildman–Crippen MR) is 41.3 cm³/mol. The van der Waals surface area contributed by atoms with Crippen LogP contribution in [-0.4, -0.2) is 5.11 Å². The molecule has 0 saturated heterocycles. The van der Waals surface area contributed by atoms with Gasteiger partial charge in [-0.3, -0.25) is 0 Å². The molecule has 0 bridgehead atoms. The number of aliphatic hydroxyl groups is 1. The zero-order chi connectivity index (χ0) is 8.10. The minimum atomic E-state index is 0.145. The van der Waals surface area contributed by atoms with E-state index in [1.807, 2.05) is 25.2 Å². The van der Waals surface area contributed by atoms with Crippen LogP contribution < -0.4 is 0 Å². The smallest absolute Gasteiger partial charge is 0.107 e. The minimum absolute atomic E-state index is 0.145. The molecule has 0 fully saturated rings. The van der Waals surface area contributed by atoms with Crippen LogP contribution in [0.4, 0.5) is 0 Å². The molecule has 0 aliphatic rings. The van der Waals surface area contributed by atoms with E-state index in [0.717, 1.165) is 12.2 Å². The lowest BCUT2D eigenvalue weighted by molar-refractivity contribution is 0.484. The van der Waals surface area contributed by atoms with E-state index in [4.69, 9.17) is 9.52 Å². The van der Waals surface area contributed by atoms with E-state index < -0.39 is 0 Å². The van der Waals surface area contributed by atoms with Gasteiger partial charge in [-0.25, -0.2) is 0 Å². The van der Waals surface area contributed by atoms with E-state index in [9.17, 15) is 0 Å². The predicted octanol–water partition coefficient (Wildman–Crippen LogP) is 1.79. The summed E-state index contributed by atoms with van der Waals surface area (Å²) in [5.41, 5.74) is 0. The first-order valence-corrected chi connectivity index (χ1v) is 3.50. The Morgan fingerprint density at radius 3 is 3.09 bits per heavy atom. The molecular weight excluding hydrogens is 140 g/mol. The normalized spacial score (nSPS) is 11.7. The van der Waals surface area contributed by atoms with Gasteiger partial charge in [0.25, 0.3) is 0 Å². The molecule has 0 saturated carbocycles. The van der Waals surface area contributed by atoms with Gasteiger partial charge in [-0.1, -0.05) is 12.8 Å². The highest BCUT2D eigenvalue weighted by Crippen LogP contribution is 2.07. The Balaban J connectivity index is 2.48. The Morgan fingerprint density at radius 2 is 2.55 bits per heavy atom. The number of furan rings is 1. The molecule has 1 unspecified atom stereocenters. The van der Waals surface area contributed by atoms with E-state index in [-0.39, 0.29) is 5.92 Å². The van der Waals surface area contributed by atoms with Gasteiger partial charge in [0.15, 0.2) is 0 Å². The Kier molecular flexibility index (Phi) is 2.62. The van der Waals surface area contributed by atoms with Gasteiger partial charge in [0.2, 0.25) is 0 Å². The second-order valence-electron chi connectivity index (χ2n) is 2.44. The summed E-state index contributed by atoms with van der Waals surface area (Å²) >= 11 is 0. The van der Waals surface area contributed by atoms with Crippen molar-refractivity contribution in [3.63, 3.8) is 0 Å². The first kappa shape index (κ1) is 7.74. The quantitative estimate of drug-likeness (QED) is 0.652. The molecule has 0 radical (unpaired) electrons. The van der Waals surface area contributed by atoms with Crippen LogP contribution in [-0.2, 0) is 6.42 Å².